The van der Waals surface area contributed by atoms with E-state index in [0.29, 0.717) is 0 Å². The Morgan fingerprint density at radius 3 is 2.67 bits per heavy atom. The Morgan fingerprint density at radius 1 is 1.50 bits per heavy atom. The van der Waals surface area contributed by atoms with Crippen LogP contribution in [0.1, 0.15) is 24.2 Å². The Kier molecular flexibility index (Phi) is 2.78. The van der Waals surface area contributed by atoms with Crippen LogP contribution >= 0.6 is 0 Å². The summed E-state index contributed by atoms with van der Waals surface area (Å²) in [6, 6.07) is 1.63. The molecule has 0 aliphatic carbocycles. The standard InChI is InChI=1S/C9H14N2O/c1-6-3-8(5-11-4-6)9(12)7(2)10/h3-5,7,9,12H,10H2,1-2H3/t7-,9+/m1/s1. The molecule has 12 heavy (non-hydrogen) atoms. The molecular formula is C9H14N2O. The zero-order chi connectivity index (χ0) is 9.14. The van der Waals surface area contributed by atoms with Gasteiger partial charge >= 0.3 is 0 Å². The molecule has 0 bridgehead atoms. The van der Waals surface area contributed by atoms with Gasteiger partial charge in [0.15, 0.2) is 0 Å². The molecule has 0 amide bonds. The van der Waals surface area contributed by atoms with E-state index in [1.54, 1.807) is 19.3 Å². The molecule has 0 spiro atoms. The highest BCUT2D eigenvalue weighted by Crippen LogP contribution is 2.14. The van der Waals surface area contributed by atoms with Crippen molar-refractivity contribution in [3.05, 3.63) is 29.6 Å². The van der Waals surface area contributed by atoms with E-state index in [2.05, 4.69) is 4.98 Å². The molecule has 0 saturated carbocycles. The minimum Gasteiger partial charge on any atom is -0.387 e. The minimum absolute atomic E-state index is 0.256. The fraction of sp³-hybridized carbons (Fsp3) is 0.444. The van der Waals surface area contributed by atoms with Crippen LogP contribution in [0, 0.1) is 6.92 Å². The Balaban J connectivity index is 2.88. The molecule has 0 saturated heterocycles. The van der Waals surface area contributed by atoms with Crippen molar-refractivity contribution >= 4 is 0 Å². The van der Waals surface area contributed by atoms with Crippen LogP contribution in [0.4, 0.5) is 0 Å². The Labute approximate surface area is 72.2 Å². The highest BCUT2D eigenvalue weighted by atomic mass is 16.3. The fourth-order valence-corrected chi connectivity index (χ4v) is 1.04. The summed E-state index contributed by atoms with van der Waals surface area (Å²) in [4.78, 5) is 3.97. The Hall–Kier alpha value is -0.930. The van der Waals surface area contributed by atoms with Crippen LogP contribution in [0.25, 0.3) is 0 Å². The molecule has 3 heteroatoms. The van der Waals surface area contributed by atoms with Crippen LogP contribution in [0.2, 0.25) is 0 Å². The highest BCUT2D eigenvalue weighted by Gasteiger charge is 2.11. The monoisotopic (exact) mass is 166 g/mol. The third-order valence-electron chi connectivity index (χ3n) is 1.74. The van der Waals surface area contributed by atoms with Crippen molar-refractivity contribution in [2.75, 3.05) is 0 Å². The minimum atomic E-state index is -0.614. The Bertz CT molecular complexity index is 260. The summed E-state index contributed by atoms with van der Waals surface area (Å²) >= 11 is 0. The van der Waals surface area contributed by atoms with Gasteiger partial charge in [-0.2, -0.15) is 0 Å². The normalized spacial score (nSPS) is 15.7. The first-order valence-corrected chi connectivity index (χ1v) is 3.96. The maximum atomic E-state index is 9.56. The lowest BCUT2D eigenvalue weighted by Crippen LogP contribution is -2.24. The molecular weight excluding hydrogens is 152 g/mol. The average molecular weight is 166 g/mol. The van der Waals surface area contributed by atoms with E-state index >= 15 is 0 Å². The molecule has 3 nitrogen and oxygen atoms in total. The molecule has 0 aromatic carbocycles. The smallest absolute Gasteiger partial charge is 0.0953 e. The van der Waals surface area contributed by atoms with E-state index in [4.69, 9.17) is 5.73 Å². The number of aryl methyl sites for hydroxylation is 1. The first kappa shape index (κ1) is 9.16. The fourth-order valence-electron chi connectivity index (χ4n) is 1.04. The van der Waals surface area contributed by atoms with E-state index in [1.165, 1.54) is 0 Å². The number of aliphatic hydroxyl groups is 1. The predicted octanol–water partition coefficient (Wildman–Crippen LogP) is 0.771. The van der Waals surface area contributed by atoms with Gasteiger partial charge in [-0.25, -0.2) is 0 Å². The molecule has 0 radical (unpaired) electrons. The van der Waals surface area contributed by atoms with Crippen LogP contribution in [0.3, 0.4) is 0 Å². The molecule has 66 valence electrons. The SMILES string of the molecule is Cc1cncc([C@@H](O)[C@@H](C)N)c1. The largest absolute Gasteiger partial charge is 0.387 e. The lowest BCUT2D eigenvalue weighted by Gasteiger charge is -2.14. The van der Waals surface area contributed by atoms with Crippen molar-refractivity contribution in [1.29, 1.82) is 0 Å². The number of nitrogens with zero attached hydrogens (tertiary/aromatic N) is 1. The molecule has 0 fully saturated rings. The molecule has 1 aromatic heterocycles. The third kappa shape index (κ3) is 2.03. The second kappa shape index (κ2) is 3.65. The number of aromatic nitrogens is 1. The van der Waals surface area contributed by atoms with Gasteiger partial charge in [-0.15, -0.1) is 0 Å². The van der Waals surface area contributed by atoms with E-state index in [9.17, 15) is 5.11 Å². The van der Waals surface area contributed by atoms with Gasteiger partial charge < -0.3 is 10.8 Å². The predicted molar refractivity (Wildman–Crippen MR) is 47.6 cm³/mol. The Morgan fingerprint density at radius 2 is 2.17 bits per heavy atom. The van der Waals surface area contributed by atoms with Gasteiger partial charge in [0.1, 0.15) is 0 Å². The second-order valence-electron chi connectivity index (χ2n) is 3.10. The summed E-state index contributed by atoms with van der Waals surface area (Å²) in [5.41, 5.74) is 7.36. The number of hydrogen-bond donors (Lipinski definition) is 2. The van der Waals surface area contributed by atoms with Gasteiger partial charge in [0, 0.05) is 24.0 Å². The summed E-state index contributed by atoms with van der Waals surface area (Å²) in [6.07, 6.45) is 2.77. The first-order valence-electron chi connectivity index (χ1n) is 3.96. The van der Waals surface area contributed by atoms with Crippen LogP contribution < -0.4 is 5.73 Å². The molecule has 1 aromatic rings. The number of nitrogens with two attached hydrogens (primary N) is 1. The number of pyridine rings is 1. The summed E-state index contributed by atoms with van der Waals surface area (Å²) < 4.78 is 0. The number of hydrogen-bond acceptors (Lipinski definition) is 3. The molecule has 1 heterocycles. The molecule has 2 atom stereocenters. The van der Waals surface area contributed by atoms with Crippen molar-refractivity contribution < 1.29 is 5.11 Å². The van der Waals surface area contributed by atoms with Gasteiger partial charge in [0.05, 0.1) is 6.10 Å². The average Bonchev–Trinajstić information content (AvgIpc) is 2.03. The summed E-state index contributed by atoms with van der Waals surface area (Å²) in [5, 5.41) is 9.56. The molecule has 0 aliphatic rings. The zero-order valence-electron chi connectivity index (χ0n) is 7.36. The molecule has 3 N–H and O–H groups in total. The van der Waals surface area contributed by atoms with Crippen molar-refractivity contribution in [2.45, 2.75) is 26.0 Å². The van der Waals surface area contributed by atoms with E-state index in [1.807, 2.05) is 13.0 Å². The van der Waals surface area contributed by atoms with Gasteiger partial charge in [-0.3, -0.25) is 4.98 Å². The quantitative estimate of drug-likeness (QED) is 0.682. The van der Waals surface area contributed by atoms with E-state index < -0.39 is 6.10 Å². The maximum Gasteiger partial charge on any atom is 0.0953 e. The maximum absolute atomic E-state index is 9.56. The van der Waals surface area contributed by atoms with Crippen LogP contribution in [-0.2, 0) is 0 Å². The number of aliphatic hydroxyl groups excluding tert-OH is 1. The van der Waals surface area contributed by atoms with Gasteiger partial charge in [-0.1, -0.05) is 6.07 Å². The summed E-state index contributed by atoms with van der Waals surface area (Å²) in [5.74, 6) is 0. The highest BCUT2D eigenvalue weighted by molar-refractivity contribution is 5.19. The zero-order valence-corrected chi connectivity index (χ0v) is 7.36. The summed E-state index contributed by atoms with van der Waals surface area (Å²) in [7, 11) is 0. The van der Waals surface area contributed by atoms with Crippen molar-refractivity contribution in [3.63, 3.8) is 0 Å². The molecule has 0 unspecified atom stereocenters. The van der Waals surface area contributed by atoms with Crippen molar-refractivity contribution in [1.82, 2.24) is 4.98 Å². The molecule has 0 aliphatic heterocycles. The van der Waals surface area contributed by atoms with Crippen molar-refractivity contribution in [2.24, 2.45) is 5.73 Å². The van der Waals surface area contributed by atoms with Crippen LogP contribution in [0.15, 0.2) is 18.5 Å². The van der Waals surface area contributed by atoms with Crippen molar-refractivity contribution in [3.8, 4) is 0 Å². The van der Waals surface area contributed by atoms with Crippen LogP contribution in [0.5, 0.6) is 0 Å². The van der Waals surface area contributed by atoms with E-state index in [0.717, 1.165) is 11.1 Å². The van der Waals surface area contributed by atoms with E-state index in [-0.39, 0.29) is 6.04 Å². The van der Waals surface area contributed by atoms with Gasteiger partial charge in [0.25, 0.3) is 0 Å². The topological polar surface area (TPSA) is 59.1 Å². The van der Waals surface area contributed by atoms with Gasteiger partial charge in [0.2, 0.25) is 0 Å². The lowest BCUT2D eigenvalue weighted by atomic mass is 10.1. The first-order chi connectivity index (χ1) is 5.61. The number of rotatable bonds is 2. The summed E-state index contributed by atoms with van der Waals surface area (Å²) in [6.45, 7) is 3.71. The second-order valence-corrected chi connectivity index (χ2v) is 3.10. The van der Waals surface area contributed by atoms with Gasteiger partial charge in [-0.05, 0) is 19.4 Å². The molecule has 1 rings (SSSR count). The third-order valence-corrected chi connectivity index (χ3v) is 1.74. The van der Waals surface area contributed by atoms with Crippen LogP contribution in [-0.4, -0.2) is 16.1 Å². The lowest BCUT2D eigenvalue weighted by molar-refractivity contribution is 0.153.